The SMILES string of the molecule is C#Cc1c(N)ccc(C(=O)OC)c1Cl.COC(=O)c1cc(OC)c2[nH]ccc2c1F. The Balaban J connectivity index is 0.000000216. The van der Waals surface area contributed by atoms with Gasteiger partial charge in [-0.25, -0.2) is 14.0 Å². The number of esters is 2. The van der Waals surface area contributed by atoms with Crippen molar-refractivity contribution in [3.8, 4) is 18.1 Å². The summed E-state index contributed by atoms with van der Waals surface area (Å²) in [5.74, 6) is 0.856. The van der Waals surface area contributed by atoms with Crippen LogP contribution in [0.2, 0.25) is 5.02 Å². The fraction of sp³-hybridized carbons (Fsp3) is 0.143. The van der Waals surface area contributed by atoms with E-state index in [0.717, 1.165) is 0 Å². The Morgan fingerprint density at radius 1 is 1.13 bits per heavy atom. The highest BCUT2D eigenvalue weighted by molar-refractivity contribution is 6.35. The first-order valence-corrected chi connectivity index (χ1v) is 8.73. The number of benzene rings is 2. The molecule has 7 nitrogen and oxygen atoms in total. The number of nitrogen functional groups attached to an aromatic ring is 1. The molecule has 0 saturated carbocycles. The van der Waals surface area contributed by atoms with Crippen LogP contribution in [0.4, 0.5) is 10.1 Å². The van der Waals surface area contributed by atoms with E-state index in [1.54, 1.807) is 12.3 Å². The van der Waals surface area contributed by atoms with Gasteiger partial charge in [-0.05, 0) is 24.3 Å². The molecule has 0 fully saturated rings. The zero-order valence-corrected chi connectivity index (χ0v) is 17.1. The number of hydrogen-bond acceptors (Lipinski definition) is 6. The number of hydrogen-bond donors (Lipinski definition) is 2. The van der Waals surface area contributed by atoms with Gasteiger partial charge in [-0.1, -0.05) is 17.5 Å². The molecule has 3 rings (SSSR count). The standard InChI is InChI=1S/C11H10FNO3.C10H8ClNO2/c1-15-8-5-7(11(14)16-2)9(12)6-3-4-13-10(6)8;1-3-6-8(12)5-4-7(9(6)11)10(13)14-2/h3-5,13H,1-2H3;1,4-5H,12H2,2H3. The highest BCUT2D eigenvalue weighted by atomic mass is 35.5. The second-order valence-corrected chi connectivity index (χ2v) is 6.10. The van der Waals surface area contributed by atoms with Gasteiger partial charge in [0, 0.05) is 17.3 Å². The minimum atomic E-state index is -0.723. The molecule has 0 atom stereocenters. The third-order valence-corrected chi connectivity index (χ3v) is 4.48. The Morgan fingerprint density at radius 3 is 2.33 bits per heavy atom. The van der Waals surface area contributed by atoms with E-state index in [1.165, 1.54) is 39.5 Å². The molecule has 0 unspecified atom stereocenters. The molecule has 0 aliphatic carbocycles. The largest absolute Gasteiger partial charge is 0.495 e. The zero-order chi connectivity index (χ0) is 22.4. The molecule has 0 spiro atoms. The van der Waals surface area contributed by atoms with E-state index in [1.807, 2.05) is 0 Å². The summed E-state index contributed by atoms with van der Waals surface area (Å²) in [5.41, 5.74) is 6.85. The van der Waals surface area contributed by atoms with Gasteiger partial charge in [0.1, 0.15) is 11.6 Å². The third-order valence-electron chi connectivity index (χ3n) is 4.09. The molecule has 0 aliphatic heterocycles. The second-order valence-electron chi connectivity index (χ2n) is 5.73. The number of methoxy groups -OCH3 is 3. The molecular formula is C21H18ClFN2O5. The minimum absolute atomic E-state index is 0.133. The van der Waals surface area contributed by atoms with Crippen molar-refractivity contribution in [2.75, 3.05) is 27.1 Å². The molecule has 0 aliphatic rings. The Hall–Kier alpha value is -3.70. The van der Waals surface area contributed by atoms with Crippen molar-refractivity contribution in [1.82, 2.24) is 4.98 Å². The van der Waals surface area contributed by atoms with Gasteiger partial charge in [0.25, 0.3) is 0 Å². The van der Waals surface area contributed by atoms with Gasteiger partial charge in [0.05, 0.1) is 48.6 Å². The summed E-state index contributed by atoms with van der Waals surface area (Å²) in [6, 6.07) is 5.86. The van der Waals surface area contributed by atoms with Crippen LogP contribution in [0.5, 0.6) is 5.75 Å². The Bertz CT molecular complexity index is 1150. The Morgan fingerprint density at radius 2 is 1.77 bits per heavy atom. The van der Waals surface area contributed by atoms with Gasteiger partial charge in [-0.3, -0.25) is 0 Å². The van der Waals surface area contributed by atoms with Gasteiger partial charge in [0.2, 0.25) is 0 Å². The van der Waals surface area contributed by atoms with Gasteiger partial charge >= 0.3 is 11.9 Å². The van der Waals surface area contributed by atoms with Crippen molar-refractivity contribution in [3.63, 3.8) is 0 Å². The molecule has 0 bridgehead atoms. The number of nitrogens with two attached hydrogens (primary N) is 1. The maximum absolute atomic E-state index is 13.9. The quantitative estimate of drug-likeness (QED) is 0.371. The summed E-state index contributed by atoms with van der Waals surface area (Å²) in [6.07, 6.45) is 6.78. The van der Waals surface area contributed by atoms with Crippen molar-refractivity contribution in [2.45, 2.75) is 0 Å². The molecule has 0 saturated heterocycles. The molecule has 3 N–H and O–H groups in total. The molecule has 1 heterocycles. The number of nitrogens with one attached hydrogen (secondary N) is 1. The van der Waals surface area contributed by atoms with E-state index in [2.05, 4.69) is 20.4 Å². The van der Waals surface area contributed by atoms with Gasteiger partial charge in [-0.15, -0.1) is 6.42 Å². The van der Waals surface area contributed by atoms with E-state index >= 15 is 0 Å². The first-order chi connectivity index (χ1) is 14.3. The van der Waals surface area contributed by atoms with Crippen LogP contribution in [0.15, 0.2) is 30.5 Å². The van der Waals surface area contributed by atoms with E-state index in [0.29, 0.717) is 27.9 Å². The maximum atomic E-state index is 13.9. The van der Waals surface area contributed by atoms with E-state index in [9.17, 15) is 14.0 Å². The van der Waals surface area contributed by atoms with Crippen LogP contribution in [0.1, 0.15) is 26.3 Å². The van der Waals surface area contributed by atoms with Gasteiger partial charge < -0.3 is 24.9 Å². The fourth-order valence-electron chi connectivity index (χ4n) is 2.59. The van der Waals surface area contributed by atoms with E-state index in [4.69, 9.17) is 28.5 Å². The number of anilines is 1. The van der Waals surface area contributed by atoms with Crippen LogP contribution in [-0.2, 0) is 9.47 Å². The summed E-state index contributed by atoms with van der Waals surface area (Å²) in [7, 11) is 3.93. The molecule has 9 heteroatoms. The highest BCUT2D eigenvalue weighted by Crippen LogP contribution is 2.30. The molecule has 1 aromatic heterocycles. The molecule has 0 radical (unpaired) electrons. The molecule has 156 valence electrons. The maximum Gasteiger partial charge on any atom is 0.341 e. The van der Waals surface area contributed by atoms with Crippen molar-refractivity contribution in [2.24, 2.45) is 0 Å². The van der Waals surface area contributed by atoms with Crippen LogP contribution in [0.3, 0.4) is 0 Å². The van der Waals surface area contributed by atoms with Gasteiger partial charge in [-0.2, -0.15) is 0 Å². The lowest BCUT2D eigenvalue weighted by Gasteiger charge is -2.06. The van der Waals surface area contributed by atoms with Crippen LogP contribution in [0, 0.1) is 18.2 Å². The number of aromatic amines is 1. The van der Waals surface area contributed by atoms with Crippen molar-refractivity contribution < 1.29 is 28.2 Å². The number of rotatable bonds is 3. The van der Waals surface area contributed by atoms with Gasteiger partial charge in [0.15, 0.2) is 0 Å². The van der Waals surface area contributed by atoms with Crippen molar-refractivity contribution in [1.29, 1.82) is 0 Å². The molecule has 2 aromatic carbocycles. The lowest BCUT2D eigenvalue weighted by molar-refractivity contribution is 0.0589. The second kappa shape index (κ2) is 9.67. The number of terminal acetylenes is 1. The average molecular weight is 433 g/mol. The molecule has 0 amide bonds. The lowest BCUT2D eigenvalue weighted by atomic mass is 10.1. The predicted octanol–water partition coefficient (Wildman–Crippen LogP) is 3.79. The Labute approximate surface area is 176 Å². The Kier molecular flexibility index (Phi) is 7.28. The lowest BCUT2D eigenvalue weighted by Crippen LogP contribution is -2.05. The first-order valence-electron chi connectivity index (χ1n) is 8.35. The van der Waals surface area contributed by atoms with Crippen molar-refractivity contribution in [3.05, 3.63) is 58.0 Å². The highest BCUT2D eigenvalue weighted by Gasteiger charge is 2.19. The number of ether oxygens (including phenoxy) is 3. The first kappa shape index (κ1) is 22.6. The van der Waals surface area contributed by atoms with E-state index in [-0.39, 0.29) is 16.1 Å². The number of H-pyrrole nitrogens is 1. The summed E-state index contributed by atoms with van der Waals surface area (Å²) in [5, 5.41) is 0.458. The number of halogens is 2. The summed E-state index contributed by atoms with van der Waals surface area (Å²) < 4.78 is 28.0. The summed E-state index contributed by atoms with van der Waals surface area (Å²) >= 11 is 5.86. The van der Waals surface area contributed by atoms with E-state index < -0.39 is 17.8 Å². The third kappa shape index (κ3) is 4.31. The normalized spacial score (nSPS) is 9.87. The molecular weight excluding hydrogens is 415 g/mol. The number of carbonyl (C=O) groups excluding carboxylic acids is 2. The zero-order valence-electron chi connectivity index (χ0n) is 16.3. The van der Waals surface area contributed by atoms with Crippen molar-refractivity contribution >= 4 is 40.1 Å². The smallest absolute Gasteiger partial charge is 0.341 e. The minimum Gasteiger partial charge on any atom is -0.495 e. The number of carbonyl (C=O) groups is 2. The van der Waals surface area contributed by atoms with Crippen LogP contribution >= 0.6 is 11.6 Å². The summed E-state index contributed by atoms with van der Waals surface area (Å²) in [4.78, 5) is 25.4. The molecule has 3 aromatic rings. The fourth-order valence-corrected chi connectivity index (χ4v) is 2.90. The average Bonchev–Trinajstić information content (AvgIpc) is 3.24. The monoisotopic (exact) mass is 432 g/mol. The van der Waals surface area contributed by atoms with Crippen LogP contribution in [-0.4, -0.2) is 38.3 Å². The topological polar surface area (TPSA) is 104 Å². The molecule has 30 heavy (non-hydrogen) atoms. The number of fused-ring (bicyclic) bond motifs is 1. The van der Waals surface area contributed by atoms with Crippen LogP contribution < -0.4 is 10.5 Å². The number of aromatic nitrogens is 1. The summed E-state index contributed by atoms with van der Waals surface area (Å²) in [6.45, 7) is 0. The predicted molar refractivity (Wildman–Crippen MR) is 111 cm³/mol. The van der Waals surface area contributed by atoms with Crippen LogP contribution in [0.25, 0.3) is 10.9 Å².